The molecule has 3 fully saturated rings. The van der Waals surface area contributed by atoms with Crippen LogP contribution in [0.15, 0.2) is 36.6 Å². The number of phenols is 2. The van der Waals surface area contributed by atoms with E-state index >= 15 is 0 Å². The number of benzene rings is 1. The van der Waals surface area contributed by atoms with Gasteiger partial charge in [-0.15, -0.1) is 0 Å². The molecule has 3 aliphatic heterocycles. The van der Waals surface area contributed by atoms with Gasteiger partial charge in [-0.3, -0.25) is 0 Å². The van der Waals surface area contributed by atoms with E-state index in [1.807, 2.05) is 0 Å². The summed E-state index contributed by atoms with van der Waals surface area (Å²) in [6, 6.07) is 4.04. The maximum atomic E-state index is 12.6. The van der Waals surface area contributed by atoms with Gasteiger partial charge in [0.05, 0.1) is 25.4 Å². The first-order chi connectivity index (χ1) is 17.7. The number of esters is 1. The van der Waals surface area contributed by atoms with Gasteiger partial charge in [-0.2, -0.15) is 0 Å². The van der Waals surface area contributed by atoms with Crippen molar-refractivity contribution < 1.29 is 64.2 Å². The van der Waals surface area contributed by atoms with E-state index in [0.29, 0.717) is 5.56 Å². The lowest BCUT2D eigenvalue weighted by molar-refractivity contribution is -0.344. The Morgan fingerprint density at radius 3 is 2.54 bits per heavy atom. The van der Waals surface area contributed by atoms with Crippen LogP contribution in [-0.2, 0) is 28.5 Å². The zero-order valence-electron chi connectivity index (χ0n) is 19.3. The second kappa shape index (κ2) is 9.85. The summed E-state index contributed by atoms with van der Waals surface area (Å²) < 4.78 is 28.2. The number of ether oxygens (including phenoxy) is 5. The summed E-state index contributed by atoms with van der Waals surface area (Å²) in [6.07, 6.45) is -4.68. The lowest BCUT2D eigenvalue weighted by Crippen LogP contribution is -2.60. The van der Waals surface area contributed by atoms with E-state index in [-0.39, 0.29) is 11.5 Å². The predicted octanol–water partition coefficient (Wildman–Crippen LogP) is -1.91. The average molecular weight is 524 g/mol. The predicted molar refractivity (Wildman–Crippen MR) is 119 cm³/mol. The minimum absolute atomic E-state index is 0.297. The molecule has 0 aromatic heterocycles. The van der Waals surface area contributed by atoms with Crippen LogP contribution >= 0.6 is 0 Å². The molecule has 13 nitrogen and oxygen atoms in total. The maximum absolute atomic E-state index is 12.6. The smallest absolute Gasteiger partial charge is 0.331 e. The Labute approximate surface area is 210 Å². The first kappa shape index (κ1) is 25.9. The number of fused-ring (bicyclic) bond motifs is 3. The molecule has 3 heterocycles. The Bertz CT molecular complexity index is 1070. The van der Waals surface area contributed by atoms with E-state index in [0.717, 1.165) is 6.08 Å². The van der Waals surface area contributed by atoms with E-state index in [2.05, 4.69) is 0 Å². The molecular weight excluding hydrogens is 496 g/mol. The van der Waals surface area contributed by atoms with Gasteiger partial charge in [-0.25, -0.2) is 4.79 Å². The van der Waals surface area contributed by atoms with Crippen molar-refractivity contribution in [3.8, 4) is 11.5 Å². The molecule has 202 valence electrons. The fourth-order valence-electron chi connectivity index (χ4n) is 5.27. The highest BCUT2D eigenvalue weighted by atomic mass is 16.8. The van der Waals surface area contributed by atoms with Crippen LogP contribution in [0.4, 0.5) is 0 Å². The number of carbonyl (C=O) groups is 1. The highest BCUT2D eigenvalue weighted by Crippen LogP contribution is 2.60. The standard InChI is InChI=1S/C24H28O13/c25-8-14-17(30)18(31)19(32)23(34-14)36-22-16-11(5-6-33-22)20(21-24(16,9-26)37-21)35-15(29)4-2-10-1-3-12(27)13(28)7-10/h1-7,11,14,16-23,25-28,30-32H,8-9H2/t11-,14+,16+,17+,18-,19+,20-,21-,22+,23-,24+/m0/s1. The first-order valence-corrected chi connectivity index (χ1v) is 11.7. The number of aliphatic hydroxyl groups excluding tert-OH is 5. The second-order valence-corrected chi connectivity index (χ2v) is 9.40. The van der Waals surface area contributed by atoms with Crippen molar-refractivity contribution in [3.63, 3.8) is 0 Å². The molecule has 0 spiro atoms. The fourth-order valence-corrected chi connectivity index (χ4v) is 5.27. The molecule has 1 aromatic rings. The first-order valence-electron chi connectivity index (χ1n) is 11.7. The van der Waals surface area contributed by atoms with E-state index in [1.165, 1.54) is 30.5 Å². The minimum Gasteiger partial charge on any atom is -0.504 e. The van der Waals surface area contributed by atoms with Crippen LogP contribution in [0.2, 0.25) is 0 Å². The van der Waals surface area contributed by atoms with Gasteiger partial charge < -0.3 is 59.4 Å². The van der Waals surface area contributed by atoms with Gasteiger partial charge in [0.25, 0.3) is 0 Å². The lowest BCUT2D eigenvalue weighted by Gasteiger charge is -2.43. The van der Waals surface area contributed by atoms with E-state index in [9.17, 15) is 40.5 Å². The van der Waals surface area contributed by atoms with E-state index < -0.39 is 85.8 Å². The molecule has 37 heavy (non-hydrogen) atoms. The van der Waals surface area contributed by atoms with Gasteiger partial charge in [-0.1, -0.05) is 6.07 Å². The minimum atomic E-state index is -1.66. The summed E-state index contributed by atoms with van der Waals surface area (Å²) >= 11 is 0. The van der Waals surface area contributed by atoms with Crippen molar-refractivity contribution in [2.24, 2.45) is 11.8 Å². The number of hydrogen-bond acceptors (Lipinski definition) is 13. The van der Waals surface area contributed by atoms with Crippen LogP contribution in [0.25, 0.3) is 6.08 Å². The highest BCUT2D eigenvalue weighted by Gasteiger charge is 2.77. The molecule has 11 atom stereocenters. The average Bonchev–Trinajstić information content (AvgIpc) is 3.57. The topological polar surface area (TPSA) is 208 Å². The molecule has 1 aliphatic carbocycles. The quantitative estimate of drug-likeness (QED) is 0.0900. The van der Waals surface area contributed by atoms with Gasteiger partial charge in [0.2, 0.25) is 6.29 Å². The zero-order valence-corrected chi connectivity index (χ0v) is 19.3. The van der Waals surface area contributed by atoms with Gasteiger partial charge in [-0.05, 0) is 29.8 Å². The van der Waals surface area contributed by atoms with Crippen LogP contribution in [0.1, 0.15) is 5.56 Å². The Kier molecular flexibility index (Phi) is 6.89. The van der Waals surface area contributed by atoms with Crippen molar-refractivity contribution in [3.05, 3.63) is 42.2 Å². The SMILES string of the molecule is O=C(C=Cc1ccc(O)c(O)c1)O[C@H]1[C@H]2C=CO[C@H](O[C@@H]3O[C@H](CO)[C@@H](O)[C@H](O)[C@H]3O)[C@@H]2[C@@]2(CO)O[C@@H]12. The summed E-state index contributed by atoms with van der Waals surface area (Å²) in [5, 5.41) is 69.0. The molecule has 0 bridgehead atoms. The molecule has 13 heteroatoms. The third kappa shape index (κ3) is 4.47. The van der Waals surface area contributed by atoms with Crippen molar-refractivity contribution in [2.75, 3.05) is 13.2 Å². The number of rotatable bonds is 7. The van der Waals surface area contributed by atoms with Crippen molar-refractivity contribution in [1.82, 2.24) is 0 Å². The Balaban J connectivity index is 1.30. The lowest BCUT2D eigenvalue weighted by atomic mass is 9.85. The van der Waals surface area contributed by atoms with Crippen molar-refractivity contribution >= 4 is 12.0 Å². The molecule has 1 aromatic carbocycles. The third-order valence-corrected chi connectivity index (χ3v) is 7.26. The van der Waals surface area contributed by atoms with Crippen LogP contribution < -0.4 is 0 Å². The number of aliphatic hydroxyl groups is 5. The summed E-state index contributed by atoms with van der Waals surface area (Å²) in [6.45, 7) is -1.08. The largest absolute Gasteiger partial charge is 0.504 e. The molecule has 0 amide bonds. The monoisotopic (exact) mass is 524 g/mol. The Morgan fingerprint density at radius 2 is 1.84 bits per heavy atom. The van der Waals surface area contributed by atoms with Crippen molar-refractivity contribution in [2.45, 2.75) is 54.8 Å². The van der Waals surface area contributed by atoms with Crippen LogP contribution in [0.5, 0.6) is 11.5 Å². The van der Waals surface area contributed by atoms with Gasteiger partial charge in [0.15, 0.2) is 17.8 Å². The number of carbonyl (C=O) groups excluding carboxylic acids is 1. The van der Waals surface area contributed by atoms with Gasteiger partial charge >= 0.3 is 5.97 Å². The summed E-state index contributed by atoms with van der Waals surface area (Å²) in [7, 11) is 0. The molecule has 1 saturated carbocycles. The van der Waals surface area contributed by atoms with Crippen LogP contribution in [0.3, 0.4) is 0 Å². The number of epoxide rings is 1. The number of hydrogen-bond donors (Lipinski definition) is 7. The van der Waals surface area contributed by atoms with E-state index in [1.54, 1.807) is 6.08 Å². The molecule has 4 aliphatic rings. The molecular formula is C24H28O13. The Morgan fingerprint density at radius 1 is 1.05 bits per heavy atom. The molecule has 2 saturated heterocycles. The van der Waals surface area contributed by atoms with Crippen LogP contribution in [0, 0.1) is 11.8 Å². The Hall–Kier alpha value is -2.75. The van der Waals surface area contributed by atoms with Crippen molar-refractivity contribution in [1.29, 1.82) is 0 Å². The van der Waals surface area contributed by atoms with E-state index in [4.69, 9.17) is 23.7 Å². The molecule has 7 N–H and O–H groups in total. The number of aromatic hydroxyl groups is 2. The molecule has 0 radical (unpaired) electrons. The third-order valence-electron chi connectivity index (χ3n) is 7.26. The molecule has 0 unspecified atom stereocenters. The summed E-state index contributed by atoms with van der Waals surface area (Å²) in [5.41, 5.74) is -0.714. The zero-order chi connectivity index (χ0) is 26.5. The summed E-state index contributed by atoms with van der Waals surface area (Å²) in [5.74, 6) is -2.56. The normalized spacial score (nSPS) is 42.2. The maximum Gasteiger partial charge on any atom is 0.331 e. The van der Waals surface area contributed by atoms with Gasteiger partial charge in [0.1, 0.15) is 42.2 Å². The number of phenolic OH excluding ortho intramolecular Hbond substituents is 2. The van der Waals surface area contributed by atoms with Gasteiger partial charge in [0, 0.05) is 12.0 Å². The molecule has 5 rings (SSSR count). The summed E-state index contributed by atoms with van der Waals surface area (Å²) in [4.78, 5) is 12.6. The van der Waals surface area contributed by atoms with Crippen LogP contribution in [-0.4, -0.2) is 110 Å². The second-order valence-electron chi connectivity index (χ2n) is 9.40. The highest BCUT2D eigenvalue weighted by molar-refractivity contribution is 5.87. The fraction of sp³-hybridized carbons (Fsp3) is 0.542.